The van der Waals surface area contributed by atoms with Gasteiger partial charge in [0, 0.05) is 0 Å². The maximum atomic E-state index is 10.5. The minimum atomic E-state index is -2.70. The van der Waals surface area contributed by atoms with Crippen LogP contribution >= 0.6 is 0 Å². The quantitative estimate of drug-likeness (QED) is 0.426. The number of halogens is 2. The van der Waals surface area contributed by atoms with Gasteiger partial charge in [-0.3, -0.25) is 0 Å². The molecule has 0 rings (SSSR count). The Labute approximate surface area is 31.5 Å². The number of rotatable bonds is 1. The van der Waals surface area contributed by atoms with Gasteiger partial charge in [-0.05, 0) is 0 Å². The molecule has 0 unspecified atom stereocenters. The van der Waals surface area contributed by atoms with Gasteiger partial charge < -0.3 is 4.43 Å². The summed E-state index contributed by atoms with van der Waals surface area (Å²) in [5.74, 6) is 0. The van der Waals surface area contributed by atoms with Crippen molar-refractivity contribution in [3.63, 3.8) is 0 Å². The van der Waals surface area contributed by atoms with E-state index in [0.717, 1.165) is 0 Å². The zero-order chi connectivity index (χ0) is 4.28. The fourth-order valence-electron chi connectivity index (χ4n) is 0. The Balaban J connectivity index is 2.54. The van der Waals surface area contributed by atoms with E-state index in [0.29, 0.717) is 0 Å². The first-order chi connectivity index (χ1) is 2.27. The summed E-state index contributed by atoms with van der Waals surface area (Å²) < 4.78 is 24.2. The lowest BCUT2D eigenvalue weighted by Crippen LogP contribution is -1.91. The molecule has 29 valence electrons. The van der Waals surface area contributed by atoms with Crippen LogP contribution in [0.4, 0.5) is 8.78 Å². The molecule has 0 N–H and O–H groups in total. The first kappa shape index (κ1) is 5.04. The van der Waals surface area contributed by atoms with Gasteiger partial charge in [-0.1, -0.05) is 0 Å². The molecule has 0 aliphatic rings. The van der Waals surface area contributed by atoms with Crippen molar-refractivity contribution in [2.45, 2.75) is 6.61 Å². The summed E-state index contributed by atoms with van der Waals surface area (Å²) in [4.78, 5) is 0. The van der Waals surface area contributed by atoms with Crippen molar-refractivity contribution in [1.82, 2.24) is 0 Å². The Bertz CT molecular complexity index is 23.6. The molecule has 0 spiro atoms. The molecule has 4 heteroatoms. The number of alkyl halides is 2. The van der Waals surface area contributed by atoms with Crippen LogP contribution in [0.25, 0.3) is 0 Å². The van der Waals surface area contributed by atoms with Gasteiger partial charge in [0.2, 0.25) is 0 Å². The third kappa shape index (κ3) is 4.04. The zero-order valence-electron chi connectivity index (χ0n) is 2.24. The Morgan fingerprint density at radius 3 is 1.80 bits per heavy atom. The van der Waals surface area contributed by atoms with E-state index in [4.69, 9.17) is 0 Å². The summed E-state index contributed by atoms with van der Waals surface area (Å²) in [5, 5.41) is 0. The predicted molar refractivity (Wildman–Crippen MR) is 12.8 cm³/mol. The van der Waals surface area contributed by atoms with Crippen molar-refractivity contribution in [2.75, 3.05) is 0 Å². The summed E-state index contributed by atoms with van der Waals surface area (Å²) in [6, 6.07) is 0. The highest BCUT2D eigenvalue weighted by molar-refractivity contribution is 5.97. The molecule has 3 radical (unpaired) electrons. The van der Waals surface area contributed by atoms with Crippen molar-refractivity contribution in [3.8, 4) is 0 Å². The molecular weight excluding hydrogens is 94.1 g/mol. The second-order valence-electron chi connectivity index (χ2n) is 0.379. The molecule has 1 nitrogen and oxygen atoms in total. The zero-order valence-corrected chi connectivity index (χ0v) is 3.24. The molecule has 0 aliphatic heterocycles. The van der Waals surface area contributed by atoms with E-state index in [1.54, 1.807) is 0 Å². The molecule has 5 heavy (non-hydrogen) atoms. The summed E-state index contributed by atoms with van der Waals surface area (Å²) in [6.07, 6.45) is 0. The highest BCUT2D eigenvalue weighted by atomic mass is 28.2. The molecule has 0 fully saturated rings. The minimum Gasteiger partial charge on any atom is -0.366 e. The van der Waals surface area contributed by atoms with Gasteiger partial charge in [0.15, 0.2) is 0 Å². The number of hydrogen-bond acceptors (Lipinski definition) is 1. The summed E-state index contributed by atoms with van der Waals surface area (Å²) >= 11 is 0. The first-order valence-electron chi connectivity index (χ1n) is 0.876. The fraction of sp³-hybridized carbons (Fsp3) is 1.00. The van der Waals surface area contributed by atoms with Gasteiger partial charge in [-0.15, -0.1) is 0 Å². The van der Waals surface area contributed by atoms with Crippen molar-refractivity contribution >= 4 is 10.5 Å². The molecule has 0 aromatic heterocycles. The monoisotopic (exact) mass is 95.0 g/mol. The molecule has 0 bridgehead atoms. The maximum absolute atomic E-state index is 10.5. The molecule has 0 amide bonds. The van der Waals surface area contributed by atoms with Gasteiger partial charge in [0.05, 0.1) is 0 Å². The highest BCUT2D eigenvalue weighted by Crippen LogP contribution is 1.86. The average molecular weight is 95.1 g/mol. The van der Waals surface area contributed by atoms with E-state index >= 15 is 0 Å². The van der Waals surface area contributed by atoms with Crippen molar-refractivity contribution < 1.29 is 13.2 Å². The summed E-state index contributed by atoms with van der Waals surface area (Å²) in [5.41, 5.74) is 0. The summed E-state index contributed by atoms with van der Waals surface area (Å²) in [7, 11) is 2.10. The van der Waals surface area contributed by atoms with Crippen molar-refractivity contribution in [1.29, 1.82) is 0 Å². The van der Waals surface area contributed by atoms with Gasteiger partial charge in [-0.25, -0.2) is 0 Å². The van der Waals surface area contributed by atoms with Gasteiger partial charge in [0.1, 0.15) is 0 Å². The Hall–Kier alpha value is 0.0369. The van der Waals surface area contributed by atoms with Crippen LogP contribution in [0.2, 0.25) is 0 Å². The van der Waals surface area contributed by atoms with Crippen LogP contribution in [0.5, 0.6) is 0 Å². The second kappa shape index (κ2) is 2.28. The Morgan fingerprint density at radius 1 is 1.60 bits per heavy atom. The smallest absolute Gasteiger partial charge is 0.335 e. The third-order valence-corrected chi connectivity index (χ3v) is 0.267. The molecule has 0 aliphatic carbocycles. The van der Waals surface area contributed by atoms with E-state index in [1.165, 1.54) is 0 Å². The minimum absolute atomic E-state index is 2.10. The molecule has 0 atom stereocenters. The first-order valence-corrected chi connectivity index (χ1v) is 1.28. The molecule has 0 aromatic carbocycles. The molecule has 0 heterocycles. The number of hydrogen-bond donors (Lipinski definition) is 0. The van der Waals surface area contributed by atoms with E-state index in [2.05, 4.69) is 14.9 Å². The molecular formula is CHF2OSi. The van der Waals surface area contributed by atoms with Crippen LogP contribution in [0, 0.1) is 0 Å². The lowest BCUT2D eigenvalue weighted by molar-refractivity contribution is -0.0445. The lowest BCUT2D eigenvalue weighted by atomic mass is 11.5. The average Bonchev–Trinajstić information content (AvgIpc) is 1.38. The standard InChI is InChI=1S/CHF2OSi/c2-1(3)4-5/h1H. The lowest BCUT2D eigenvalue weighted by Gasteiger charge is -1.85. The summed E-state index contributed by atoms with van der Waals surface area (Å²) in [6.45, 7) is -2.70. The van der Waals surface area contributed by atoms with E-state index < -0.39 is 6.61 Å². The van der Waals surface area contributed by atoms with Gasteiger partial charge >= 0.3 is 6.61 Å². The SMILES string of the molecule is FC(F)O[Si]. The molecule has 0 saturated heterocycles. The molecule has 0 aromatic rings. The van der Waals surface area contributed by atoms with Crippen LogP contribution in [-0.4, -0.2) is 17.1 Å². The van der Waals surface area contributed by atoms with Crippen LogP contribution in [0.3, 0.4) is 0 Å². The van der Waals surface area contributed by atoms with Crippen LogP contribution in [0.1, 0.15) is 0 Å². The second-order valence-corrected chi connectivity index (χ2v) is 0.614. The van der Waals surface area contributed by atoms with E-state index in [9.17, 15) is 8.78 Å². The van der Waals surface area contributed by atoms with Crippen molar-refractivity contribution in [2.24, 2.45) is 0 Å². The van der Waals surface area contributed by atoms with Gasteiger partial charge in [-0.2, -0.15) is 8.78 Å². The predicted octanol–water partition coefficient (Wildman–Crippen LogP) is 0.309. The molecule has 0 saturated carbocycles. The Kier molecular flexibility index (Phi) is 2.30. The highest BCUT2D eigenvalue weighted by Gasteiger charge is 1.90. The van der Waals surface area contributed by atoms with Crippen LogP contribution in [0.15, 0.2) is 0 Å². The Morgan fingerprint density at radius 2 is 1.80 bits per heavy atom. The largest absolute Gasteiger partial charge is 0.366 e. The topological polar surface area (TPSA) is 9.23 Å². The van der Waals surface area contributed by atoms with E-state index in [-0.39, 0.29) is 0 Å². The van der Waals surface area contributed by atoms with E-state index in [1.807, 2.05) is 0 Å². The van der Waals surface area contributed by atoms with Crippen molar-refractivity contribution in [3.05, 3.63) is 0 Å². The normalized spacial score (nSPS) is 9.60. The van der Waals surface area contributed by atoms with Crippen LogP contribution in [-0.2, 0) is 4.43 Å². The third-order valence-electron chi connectivity index (χ3n) is 0.0891. The maximum Gasteiger partial charge on any atom is 0.335 e. The van der Waals surface area contributed by atoms with Gasteiger partial charge in [0.25, 0.3) is 10.5 Å². The fourth-order valence-corrected chi connectivity index (χ4v) is 0. The van der Waals surface area contributed by atoms with Crippen LogP contribution < -0.4 is 0 Å².